The number of Topliss-reactive ketones (excluding diaryl/α,β-unsaturated/α-hetero) is 1. The Morgan fingerprint density at radius 2 is 1.62 bits per heavy atom. The molecule has 3 nitrogen and oxygen atoms in total. The van der Waals surface area contributed by atoms with Crippen molar-refractivity contribution in [1.29, 1.82) is 0 Å². The van der Waals surface area contributed by atoms with Gasteiger partial charge >= 0.3 is 0 Å². The third-order valence-corrected chi connectivity index (χ3v) is 10.2. The highest BCUT2D eigenvalue weighted by atomic mass is 28.4. The molecule has 0 bridgehead atoms. The van der Waals surface area contributed by atoms with E-state index < -0.39 is 8.32 Å². The van der Waals surface area contributed by atoms with Gasteiger partial charge in [0.2, 0.25) is 0 Å². The Kier molecular flexibility index (Phi) is 6.05. The Bertz CT molecular complexity index is 541. The molecule has 1 aromatic carbocycles. The van der Waals surface area contributed by atoms with E-state index in [1.54, 1.807) is 0 Å². The highest BCUT2D eigenvalue weighted by molar-refractivity contribution is 6.74. The third kappa shape index (κ3) is 4.56. The number of piperidine rings is 1. The second kappa shape index (κ2) is 7.50. The van der Waals surface area contributed by atoms with E-state index in [2.05, 4.69) is 76.0 Å². The average Bonchev–Trinajstić information content (AvgIpc) is 2.52. The SMILES string of the molecule is C[C@@H]([C@H](O[Si](C)(C)C(C)(C)C)c1ccccc1)N1CCC(=O)CC1. The largest absolute Gasteiger partial charge is 0.408 e. The Morgan fingerprint density at radius 3 is 2.12 bits per heavy atom. The Hall–Kier alpha value is -0.973. The van der Waals surface area contributed by atoms with E-state index in [4.69, 9.17) is 4.43 Å². The Labute approximate surface area is 148 Å². The summed E-state index contributed by atoms with van der Waals surface area (Å²) in [5.41, 5.74) is 1.24. The lowest BCUT2D eigenvalue weighted by molar-refractivity contribution is -0.122. The number of carbonyl (C=O) groups is 1. The fraction of sp³-hybridized carbons (Fsp3) is 0.650. The first-order valence-corrected chi connectivity index (χ1v) is 12.0. The van der Waals surface area contributed by atoms with Crippen molar-refractivity contribution >= 4 is 14.1 Å². The van der Waals surface area contributed by atoms with Gasteiger partial charge in [0.05, 0.1) is 6.10 Å². The second-order valence-corrected chi connectivity index (χ2v) is 13.3. The fourth-order valence-electron chi connectivity index (χ4n) is 2.95. The van der Waals surface area contributed by atoms with E-state index in [9.17, 15) is 4.79 Å². The van der Waals surface area contributed by atoms with E-state index in [0.717, 1.165) is 13.1 Å². The molecule has 1 fully saturated rings. The molecule has 4 heteroatoms. The third-order valence-electron chi connectivity index (χ3n) is 5.73. The highest BCUT2D eigenvalue weighted by Gasteiger charge is 2.41. The molecule has 0 unspecified atom stereocenters. The molecule has 1 saturated heterocycles. The van der Waals surface area contributed by atoms with E-state index >= 15 is 0 Å². The van der Waals surface area contributed by atoms with E-state index in [1.807, 2.05) is 0 Å². The van der Waals surface area contributed by atoms with Gasteiger partial charge in [-0.25, -0.2) is 0 Å². The molecule has 1 heterocycles. The molecule has 0 aliphatic carbocycles. The summed E-state index contributed by atoms with van der Waals surface area (Å²) in [6.45, 7) is 15.4. The van der Waals surface area contributed by atoms with Gasteiger partial charge in [0.15, 0.2) is 8.32 Å². The van der Waals surface area contributed by atoms with Crippen LogP contribution in [0.5, 0.6) is 0 Å². The molecule has 0 N–H and O–H groups in total. The second-order valence-electron chi connectivity index (χ2n) is 8.52. The standard InChI is InChI=1S/C20H33NO2Si/c1-16(21-14-12-18(22)13-15-21)19(17-10-8-7-9-11-17)23-24(5,6)20(2,3)4/h7-11,16,19H,12-15H2,1-6H3/t16-,19-/m0/s1. The topological polar surface area (TPSA) is 29.5 Å². The van der Waals surface area contributed by atoms with Crippen molar-refractivity contribution in [2.45, 2.75) is 70.8 Å². The molecule has 2 atom stereocenters. The average molecular weight is 348 g/mol. The molecule has 1 aromatic rings. The lowest BCUT2D eigenvalue weighted by Gasteiger charge is -2.44. The highest BCUT2D eigenvalue weighted by Crippen LogP contribution is 2.41. The quantitative estimate of drug-likeness (QED) is 0.716. The summed E-state index contributed by atoms with van der Waals surface area (Å²) < 4.78 is 6.84. The molecular formula is C20H33NO2Si. The van der Waals surface area contributed by atoms with Crippen LogP contribution >= 0.6 is 0 Å². The van der Waals surface area contributed by atoms with Crippen molar-refractivity contribution < 1.29 is 9.22 Å². The number of benzene rings is 1. The first-order valence-electron chi connectivity index (χ1n) is 9.10. The molecular weight excluding hydrogens is 314 g/mol. The van der Waals surface area contributed by atoms with Gasteiger partial charge in [0.1, 0.15) is 5.78 Å². The van der Waals surface area contributed by atoms with Crippen molar-refractivity contribution in [3.63, 3.8) is 0 Å². The van der Waals surface area contributed by atoms with Gasteiger partial charge in [-0.3, -0.25) is 9.69 Å². The number of carbonyl (C=O) groups excluding carboxylic acids is 1. The summed E-state index contributed by atoms with van der Waals surface area (Å²) >= 11 is 0. The van der Waals surface area contributed by atoms with Crippen molar-refractivity contribution in [2.75, 3.05) is 13.1 Å². The molecule has 0 aromatic heterocycles. The van der Waals surface area contributed by atoms with Gasteiger partial charge in [-0.05, 0) is 30.6 Å². The number of hydrogen-bond donors (Lipinski definition) is 0. The van der Waals surface area contributed by atoms with Crippen LogP contribution in [-0.2, 0) is 9.22 Å². The molecule has 0 spiro atoms. The molecule has 24 heavy (non-hydrogen) atoms. The van der Waals surface area contributed by atoms with Crippen molar-refractivity contribution in [1.82, 2.24) is 4.90 Å². The molecule has 0 radical (unpaired) electrons. The van der Waals surface area contributed by atoms with Gasteiger partial charge in [-0.15, -0.1) is 0 Å². The molecule has 0 saturated carbocycles. The summed E-state index contributed by atoms with van der Waals surface area (Å²) in [5.74, 6) is 0.389. The zero-order chi connectivity index (χ0) is 18.0. The smallest absolute Gasteiger partial charge is 0.192 e. The van der Waals surface area contributed by atoms with Crippen LogP contribution in [0.4, 0.5) is 0 Å². The normalized spacial score (nSPS) is 20.0. The number of ketones is 1. The van der Waals surface area contributed by atoms with Crippen molar-refractivity contribution in [3.8, 4) is 0 Å². The van der Waals surface area contributed by atoms with E-state index in [-0.39, 0.29) is 17.2 Å². The van der Waals surface area contributed by atoms with Crippen LogP contribution in [0.2, 0.25) is 18.1 Å². The fourth-order valence-corrected chi connectivity index (χ4v) is 4.28. The minimum absolute atomic E-state index is 0.0558. The van der Waals surface area contributed by atoms with Crippen LogP contribution in [0.3, 0.4) is 0 Å². The van der Waals surface area contributed by atoms with Crippen LogP contribution in [0.15, 0.2) is 30.3 Å². The van der Waals surface area contributed by atoms with Gasteiger partial charge in [0.25, 0.3) is 0 Å². The first-order chi connectivity index (χ1) is 11.1. The van der Waals surface area contributed by atoms with Crippen molar-refractivity contribution in [3.05, 3.63) is 35.9 Å². The maximum Gasteiger partial charge on any atom is 0.192 e. The predicted molar refractivity (Wildman–Crippen MR) is 103 cm³/mol. The maximum atomic E-state index is 11.6. The van der Waals surface area contributed by atoms with Crippen LogP contribution in [0.25, 0.3) is 0 Å². The Morgan fingerprint density at radius 1 is 1.08 bits per heavy atom. The summed E-state index contributed by atoms with van der Waals surface area (Å²) in [4.78, 5) is 14.0. The van der Waals surface area contributed by atoms with E-state index in [1.165, 1.54) is 5.56 Å². The van der Waals surface area contributed by atoms with Crippen LogP contribution in [0, 0.1) is 0 Å². The summed E-state index contributed by atoms with van der Waals surface area (Å²) in [5, 5.41) is 0.178. The zero-order valence-electron chi connectivity index (χ0n) is 16.1. The zero-order valence-corrected chi connectivity index (χ0v) is 17.1. The van der Waals surface area contributed by atoms with Gasteiger partial charge in [0, 0.05) is 32.0 Å². The molecule has 134 valence electrons. The Balaban J connectivity index is 2.25. The molecule has 1 aliphatic heterocycles. The van der Waals surface area contributed by atoms with Crippen LogP contribution in [-0.4, -0.2) is 38.1 Å². The number of rotatable bonds is 5. The maximum absolute atomic E-state index is 11.6. The first kappa shape index (κ1) is 19.4. The van der Waals surface area contributed by atoms with Crippen LogP contribution in [0.1, 0.15) is 52.2 Å². The predicted octanol–water partition coefficient (Wildman–Crippen LogP) is 4.80. The lowest BCUT2D eigenvalue weighted by atomic mass is 9.99. The summed E-state index contributed by atoms with van der Waals surface area (Å²) in [7, 11) is -1.88. The van der Waals surface area contributed by atoms with Gasteiger partial charge < -0.3 is 4.43 Å². The van der Waals surface area contributed by atoms with Gasteiger partial charge in [-0.1, -0.05) is 51.1 Å². The number of hydrogen-bond acceptors (Lipinski definition) is 3. The van der Waals surface area contributed by atoms with Crippen molar-refractivity contribution in [2.24, 2.45) is 0 Å². The molecule has 2 rings (SSSR count). The summed E-state index contributed by atoms with van der Waals surface area (Å²) in [6, 6.07) is 10.8. The minimum Gasteiger partial charge on any atom is -0.408 e. The molecule has 1 aliphatic rings. The number of likely N-dealkylation sites (tertiary alicyclic amines) is 1. The van der Waals surface area contributed by atoms with Gasteiger partial charge in [-0.2, -0.15) is 0 Å². The number of nitrogens with zero attached hydrogens (tertiary/aromatic N) is 1. The summed E-state index contributed by atoms with van der Waals surface area (Å²) in [6.07, 6.45) is 1.40. The molecule has 0 amide bonds. The van der Waals surface area contributed by atoms with Crippen LogP contribution < -0.4 is 0 Å². The van der Waals surface area contributed by atoms with E-state index in [0.29, 0.717) is 18.6 Å². The minimum atomic E-state index is -1.88. The monoisotopic (exact) mass is 347 g/mol. The lowest BCUT2D eigenvalue weighted by Crippen LogP contribution is -2.48.